The van der Waals surface area contributed by atoms with Crippen molar-refractivity contribution in [2.24, 2.45) is 0 Å². The zero-order valence-corrected chi connectivity index (χ0v) is 15.4. The largest absolute Gasteiger partial charge is 0.317 e. The lowest BCUT2D eigenvalue weighted by atomic mass is 9.69. The van der Waals surface area contributed by atoms with Crippen molar-refractivity contribution in [1.82, 2.24) is 5.32 Å². The van der Waals surface area contributed by atoms with Crippen molar-refractivity contribution < 1.29 is 18.0 Å². The van der Waals surface area contributed by atoms with Crippen LogP contribution < -0.4 is 10.2 Å². The first kappa shape index (κ1) is 18.7. The molecule has 0 saturated carbocycles. The molecular formula is C22H21F3N2O. The van der Waals surface area contributed by atoms with E-state index >= 15 is 0 Å². The van der Waals surface area contributed by atoms with Crippen LogP contribution in [0.2, 0.25) is 0 Å². The van der Waals surface area contributed by atoms with E-state index in [1.807, 2.05) is 0 Å². The Labute approximate surface area is 161 Å². The maximum absolute atomic E-state index is 14.4. The van der Waals surface area contributed by atoms with Crippen LogP contribution in [0.25, 0.3) is 0 Å². The standard InChI is InChI=1S/C22H21F3N2O/c1-2-3-20-22(8-10-26-11-9-22)17-12-14(23)5-7-19(17)27(20)21(28)16-6-4-15(24)13-18(16)25/h2,4-7,12-13,20,26H,1,3,8-11H2/t20-/m1/s1. The summed E-state index contributed by atoms with van der Waals surface area (Å²) >= 11 is 0. The van der Waals surface area contributed by atoms with Crippen molar-refractivity contribution in [3.05, 3.63) is 77.6 Å². The molecule has 0 bridgehead atoms. The lowest BCUT2D eigenvalue weighted by Crippen LogP contribution is -2.52. The van der Waals surface area contributed by atoms with Crippen LogP contribution in [0.3, 0.4) is 0 Å². The fourth-order valence-electron chi connectivity index (χ4n) is 4.72. The van der Waals surface area contributed by atoms with Crippen LogP contribution in [0.1, 0.15) is 35.2 Å². The molecule has 1 N–H and O–H groups in total. The van der Waals surface area contributed by atoms with Crippen LogP contribution in [0.15, 0.2) is 49.1 Å². The first-order valence-electron chi connectivity index (χ1n) is 9.38. The second-order valence-electron chi connectivity index (χ2n) is 7.41. The zero-order valence-electron chi connectivity index (χ0n) is 15.4. The molecule has 0 unspecified atom stereocenters. The van der Waals surface area contributed by atoms with E-state index in [0.29, 0.717) is 18.2 Å². The monoisotopic (exact) mass is 386 g/mol. The second kappa shape index (κ2) is 7.09. The summed E-state index contributed by atoms with van der Waals surface area (Å²) in [4.78, 5) is 14.9. The molecule has 1 saturated heterocycles. The minimum Gasteiger partial charge on any atom is -0.317 e. The van der Waals surface area contributed by atoms with Gasteiger partial charge in [0.2, 0.25) is 0 Å². The molecule has 2 aromatic rings. The highest BCUT2D eigenvalue weighted by Gasteiger charge is 2.52. The Morgan fingerprint density at radius 2 is 1.82 bits per heavy atom. The number of rotatable bonds is 3. The summed E-state index contributed by atoms with van der Waals surface area (Å²) in [6, 6.07) is 7.01. The van der Waals surface area contributed by atoms with Crippen molar-refractivity contribution in [3.8, 4) is 0 Å². The highest BCUT2D eigenvalue weighted by molar-refractivity contribution is 6.08. The van der Waals surface area contributed by atoms with Crippen LogP contribution in [0.5, 0.6) is 0 Å². The van der Waals surface area contributed by atoms with Gasteiger partial charge in [0.1, 0.15) is 17.5 Å². The van der Waals surface area contributed by atoms with Gasteiger partial charge in [-0.1, -0.05) is 6.08 Å². The average Bonchev–Trinajstić information content (AvgIpc) is 2.92. The summed E-state index contributed by atoms with van der Waals surface area (Å²) < 4.78 is 41.8. The molecule has 3 nitrogen and oxygen atoms in total. The number of fused-ring (bicyclic) bond motifs is 2. The average molecular weight is 386 g/mol. The van der Waals surface area contributed by atoms with Gasteiger partial charge in [0, 0.05) is 17.2 Å². The Kier molecular flexibility index (Phi) is 4.75. The molecule has 28 heavy (non-hydrogen) atoms. The van der Waals surface area contributed by atoms with Crippen molar-refractivity contribution in [2.75, 3.05) is 18.0 Å². The third-order valence-electron chi connectivity index (χ3n) is 5.97. The number of amides is 1. The number of hydrogen-bond donors (Lipinski definition) is 1. The molecule has 1 fully saturated rings. The van der Waals surface area contributed by atoms with Gasteiger partial charge in [0.25, 0.3) is 5.91 Å². The summed E-state index contributed by atoms with van der Waals surface area (Å²) in [7, 11) is 0. The Hall–Kier alpha value is -2.60. The first-order chi connectivity index (χ1) is 13.5. The number of anilines is 1. The highest BCUT2D eigenvalue weighted by atomic mass is 19.1. The smallest absolute Gasteiger partial charge is 0.261 e. The minimum absolute atomic E-state index is 0.197. The lowest BCUT2D eigenvalue weighted by Gasteiger charge is -2.41. The number of carbonyl (C=O) groups is 1. The van der Waals surface area contributed by atoms with E-state index in [9.17, 15) is 18.0 Å². The molecule has 0 aliphatic carbocycles. The number of nitrogens with one attached hydrogen (secondary N) is 1. The van der Waals surface area contributed by atoms with Crippen LogP contribution in [-0.4, -0.2) is 25.0 Å². The molecule has 1 amide bonds. The molecule has 1 spiro atoms. The highest BCUT2D eigenvalue weighted by Crippen LogP contribution is 2.52. The predicted molar refractivity (Wildman–Crippen MR) is 102 cm³/mol. The predicted octanol–water partition coefficient (Wildman–Crippen LogP) is 4.33. The number of hydrogen-bond acceptors (Lipinski definition) is 2. The molecule has 2 aliphatic heterocycles. The Bertz CT molecular complexity index is 937. The molecule has 6 heteroatoms. The van der Waals surface area contributed by atoms with Crippen LogP contribution in [0, 0.1) is 17.5 Å². The van der Waals surface area contributed by atoms with Gasteiger partial charge in [-0.15, -0.1) is 6.58 Å². The number of halogens is 3. The van der Waals surface area contributed by atoms with E-state index in [1.54, 1.807) is 17.0 Å². The van der Waals surface area contributed by atoms with Crippen molar-refractivity contribution in [2.45, 2.75) is 30.7 Å². The third kappa shape index (κ3) is 2.83. The van der Waals surface area contributed by atoms with Gasteiger partial charge in [-0.2, -0.15) is 0 Å². The summed E-state index contributed by atoms with van der Waals surface area (Å²) in [6.07, 6.45) is 3.69. The van der Waals surface area contributed by atoms with Crippen molar-refractivity contribution in [1.29, 1.82) is 0 Å². The summed E-state index contributed by atoms with van der Waals surface area (Å²) in [6.45, 7) is 5.32. The van der Waals surface area contributed by atoms with Gasteiger partial charge < -0.3 is 10.2 Å². The number of piperidine rings is 1. The van der Waals surface area contributed by atoms with E-state index < -0.39 is 23.0 Å². The van der Waals surface area contributed by atoms with Gasteiger partial charge >= 0.3 is 0 Å². The summed E-state index contributed by atoms with van der Waals surface area (Å²) in [5, 5.41) is 3.31. The van der Waals surface area contributed by atoms with Gasteiger partial charge in [-0.25, -0.2) is 13.2 Å². The van der Waals surface area contributed by atoms with Gasteiger partial charge in [0.05, 0.1) is 11.6 Å². The Balaban J connectivity index is 1.88. The number of benzene rings is 2. The SMILES string of the molecule is C=CC[C@H]1N(C(=O)c2ccc(F)cc2F)c2ccc(F)cc2C12CCNCC2. The van der Waals surface area contributed by atoms with E-state index in [0.717, 1.165) is 43.6 Å². The third-order valence-corrected chi connectivity index (χ3v) is 5.97. The van der Waals surface area contributed by atoms with Gasteiger partial charge in [-0.05, 0) is 68.2 Å². The van der Waals surface area contributed by atoms with E-state index in [2.05, 4.69) is 11.9 Å². The summed E-state index contributed by atoms with van der Waals surface area (Å²) in [5.74, 6) is -2.56. The Morgan fingerprint density at radius 1 is 1.14 bits per heavy atom. The number of carbonyl (C=O) groups excluding carboxylic acids is 1. The Morgan fingerprint density at radius 3 is 2.50 bits per heavy atom. The molecule has 0 aromatic heterocycles. The molecule has 2 aliphatic rings. The van der Waals surface area contributed by atoms with Crippen molar-refractivity contribution in [3.63, 3.8) is 0 Å². The molecule has 146 valence electrons. The molecule has 0 radical (unpaired) electrons. The zero-order chi connectivity index (χ0) is 19.9. The topological polar surface area (TPSA) is 32.3 Å². The molecule has 2 heterocycles. The minimum atomic E-state index is -0.905. The fourth-order valence-corrected chi connectivity index (χ4v) is 4.72. The lowest BCUT2D eigenvalue weighted by molar-refractivity contribution is 0.0960. The van der Waals surface area contributed by atoms with Gasteiger partial charge in [0.15, 0.2) is 0 Å². The number of nitrogens with zero attached hydrogens (tertiary/aromatic N) is 1. The fraction of sp³-hybridized carbons (Fsp3) is 0.318. The molecule has 4 rings (SSSR count). The molecule has 2 aromatic carbocycles. The van der Waals surface area contributed by atoms with E-state index in [-0.39, 0.29) is 17.4 Å². The quantitative estimate of drug-likeness (QED) is 0.797. The normalized spacial score (nSPS) is 20.2. The molecule has 1 atom stereocenters. The van der Waals surface area contributed by atoms with E-state index in [4.69, 9.17) is 0 Å². The van der Waals surface area contributed by atoms with Crippen molar-refractivity contribution >= 4 is 11.6 Å². The van der Waals surface area contributed by atoms with Gasteiger partial charge in [-0.3, -0.25) is 4.79 Å². The van der Waals surface area contributed by atoms with Crippen LogP contribution >= 0.6 is 0 Å². The second-order valence-corrected chi connectivity index (χ2v) is 7.41. The maximum atomic E-state index is 14.4. The maximum Gasteiger partial charge on any atom is 0.261 e. The van der Waals surface area contributed by atoms with Crippen LogP contribution in [-0.2, 0) is 5.41 Å². The first-order valence-corrected chi connectivity index (χ1v) is 9.38. The summed E-state index contributed by atoms with van der Waals surface area (Å²) in [5.41, 5.74) is 0.737. The molecular weight excluding hydrogens is 365 g/mol. The van der Waals surface area contributed by atoms with E-state index in [1.165, 1.54) is 12.1 Å². The van der Waals surface area contributed by atoms with Crippen LogP contribution in [0.4, 0.5) is 18.9 Å².